The lowest BCUT2D eigenvalue weighted by atomic mass is 10.0. The SMILES string of the molecule is CC(C)c1nccn1[C@@H]1CCCN(C(=O)CCCn2cncn2)C1. The van der Waals surface area contributed by atoms with E-state index >= 15 is 0 Å². The number of carbonyl (C=O) groups is 1. The second-order valence-corrected chi connectivity index (χ2v) is 6.75. The zero-order valence-electron chi connectivity index (χ0n) is 14.5. The first-order valence-corrected chi connectivity index (χ1v) is 8.78. The second-order valence-electron chi connectivity index (χ2n) is 6.75. The average Bonchev–Trinajstić information content (AvgIpc) is 3.26. The summed E-state index contributed by atoms with van der Waals surface area (Å²) in [5.74, 6) is 1.75. The van der Waals surface area contributed by atoms with E-state index in [4.69, 9.17) is 0 Å². The Hall–Kier alpha value is -2.18. The summed E-state index contributed by atoms with van der Waals surface area (Å²) in [7, 11) is 0. The highest BCUT2D eigenvalue weighted by Gasteiger charge is 2.26. The van der Waals surface area contributed by atoms with Crippen molar-refractivity contribution in [2.24, 2.45) is 0 Å². The maximum atomic E-state index is 12.5. The molecule has 3 heterocycles. The van der Waals surface area contributed by atoms with Crippen LogP contribution >= 0.6 is 0 Å². The summed E-state index contributed by atoms with van der Waals surface area (Å²) in [6, 6.07) is 0.345. The van der Waals surface area contributed by atoms with Crippen molar-refractivity contribution in [3.63, 3.8) is 0 Å². The van der Waals surface area contributed by atoms with Crippen molar-refractivity contribution in [3.8, 4) is 0 Å². The molecule has 130 valence electrons. The maximum Gasteiger partial charge on any atom is 0.222 e. The van der Waals surface area contributed by atoms with Crippen LogP contribution in [0.25, 0.3) is 0 Å². The fourth-order valence-electron chi connectivity index (χ4n) is 3.39. The number of likely N-dealkylation sites (tertiary alicyclic amines) is 1. The van der Waals surface area contributed by atoms with Gasteiger partial charge in [-0.15, -0.1) is 0 Å². The maximum absolute atomic E-state index is 12.5. The highest BCUT2D eigenvalue weighted by atomic mass is 16.2. The first-order chi connectivity index (χ1) is 11.6. The summed E-state index contributed by atoms with van der Waals surface area (Å²) in [6.45, 7) is 6.72. The molecular formula is C17H26N6O. The normalized spacial score (nSPS) is 18.3. The van der Waals surface area contributed by atoms with Gasteiger partial charge in [0, 0.05) is 44.4 Å². The lowest BCUT2D eigenvalue weighted by Crippen LogP contribution is -2.41. The quantitative estimate of drug-likeness (QED) is 0.814. The minimum Gasteiger partial charge on any atom is -0.341 e. The van der Waals surface area contributed by atoms with Gasteiger partial charge in [-0.25, -0.2) is 9.97 Å². The van der Waals surface area contributed by atoms with Crippen molar-refractivity contribution < 1.29 is 4.79 Å². The van der Waals surface area contributed by atoms with Gasteiger partial charge in [0.2, 0.25) is 5.91 Å². The molecule has 1 saturated heterocycles. The van der Waals surface area contributed by atoms with Crippen LogP contribution in [0.2, 0.25) is 0 Å². The van der Waals surface area contributed by atoms with E-state index in [1.807, 2.05) is 11.1 Å². The van der Waals surface area contributed by atoms with Gasteiger partial charge in [-0.2, -0.15) is 5.10 Å². The van der Waals surface area contributed by atoms with Crippen molar-refractivity contribution in [2.75, 3.05) is 13.1 Å². The number of aryl methyl sites for hydroxylation is 1. The van der Waals surface area contributed by atoms with E-state index in [0.717, 1.165) is 44.7 Å². The van der Waals surface area contributed by atoms with Crippen molar-refractivity contribution in [3.05, 3.63) is 30.9 Å². The van der Waals surface area contributed by atoms with Crippen LogP contribution < -0.4 is 0 Å². The summed E-state index contributed by atoms with van der Waals surface area (Å²) in [6.07, 6.45) is 10.7. The van der Waals surface area contributed by atoms with Crippen LogP contribution in [0.5, 0.6) is 0 Å². The average molecular weight is 330 g/mol. The van der Waals surface area contributed by atoms with Crippen molar-refractivity contribution in [2.45, 2.75) is 58.0 Å². The van der Waals surface area contributed by atoms with Crippen LogP contribution in [0.4, 0.5) is 0 Å². The van der Waals surface area contributed by atoms with Crippen molar-refractivity contribution in [1.29, 1.82) is 0 Å². The Balaban J connectivity index is 1.54. The molecule has 1 amide bonds. The van der Waals surface area contributed by atoms with E-state index < -0.39 is 0 Å². The monoisotopic (exact) mass is 330 g/mol. The number of carbonyl (C=O) groups excluding carboxylic acids is 1. The summed E-state index contributed by atoms with van der Waals surface area (Å²) in [5, 5.41) is 4.07. The van der Waals surface area contributed by atoms with E-state index in [0.29, 0.717) is 18.4 Å². The standard InChI is InChI=1S/C17H26N6O/c1-14(2)17-19-7-10-23(17)15-5-3-8-21(11-15)16(24)6-4-9-22-13-18-12-20-22/h7,10,12-15H,3-6,8-9,11H2,1-2H3/t15-/m1/s1. The third-order valence-electron chi connectivity index (χ3n) is 4.60. The number of piperidine rings is 1. The number of aromatic nitrogens is 5. The van der Waals surface area contributed by atoms with Crippen LogP contribution in [0.1, 0.15) is 57.3 Å². The molecular weight excluding hydrogens is 304 g/mol. The molecule has 0 aliphatic carbocycles. The molecule has 0 bridgehead atoms. The third-order valence-corrected chi connectivity index (χ3v) is 4.60. The fourth-order valence-corrected chi connectivity index (χ4v) is 3.39. The lowest BCUT2D eigenvalue weighted by molar-refractivity contribution is -0.133. The molecule has 2 aromatic rings. The molecule has 1 fully saturated rings. The molecule has 1 atom stereocenters. The molecule has 0 unspecified atom stereocenters. The first-order valence-electron chi connectivity index (χ1n) is 8.78. The van der Waals surface area contributed by atoms with Crippen molar-refractivity contribution in [1.82, 2.24) is 29.2 Å². The first kappa shape index (κ1) is 16.7. The third kappa shape index (κ3) is 3.83. The van der Waals surface area contributed by atoms with Gasteiger partial charge in [-0.3, -0.25) is 9.48 Å². The highest BCUT2D eigenvalue weighted by molar-refractivity contribution is 5.76. The van der Waals surface area contributed by atoms with Crippen LogP contribution in [-0.2, 0) is 11.3 Å². The predicted octanol–water partition coefficient (Wildman–Crippen LogP) is 2.24. The van der Waals surface area contributed by atoms with Gasteiger partial charge in [-0.1, -0.05) is 13.8 Å². The number of rotatable bonds is 6. The molecule has 0 spiro atoms. The number of hydrogen-bond donors (Lipinski definition) is 0. The largest absolute Gasteiger partial charge is 0.341 e. The Labute approximate surface area is 142 Å². The van der Waals surface area contributed by atoms with Gasteiger partial charge in [0.05, 0.1) is 6.04 Å². The molecule has 24 heavy (non-hydrogen) atoms. The minimum atomic E-state index is 0.242. The molecule has 2 aromatic heterocycles. The van der Waals surface area contributed by atoms with Gasteiger partial charge in [0.1, 0.15) is 18.5 Å². The second kappa shape index (κ2) is 7.59. The molecule has 0 radical (unpaired) electrons. The Morgan fingerprint density at radius 2 is 2.29 bits per heavy atom. The van der Waals surface area contributed by atoms with Gasteiger partial charge in [0.15, 0.2) is 0 Å². The summed E-state index contributed by atoms with van der Waals surface area (Å²) in [4.78, 5) is 22.9. The topological polar surface area (TPSA) is 68.8 Å². The van der Waals surface area contributed by atoms with E-state index in [2.05, 4.69) is 39.7 Å². The van der Waals surface area contributed by atoms with E-state index in [9.17, 15) is 4.79 Å². The Kier molecular flexibility index (Phi) is 5.27. The smallest absolute Gasteiger partial charge is 0.222 e. The molecule has 1 aliphatic heterocycles. The molecule has 3 rings (SSSR count). The summed E-state index contributed by atoms with van der Waals surface area (Å²) in [5.41, 5.74) is 0. The number of amides is 1. The minimum absolute atomic E-state index is 0.242. The lowest BCUT2D eigenvalue weighted by Gasteiger charge is -2.34. The number of hydrogen-bond acceptors (Lipinski definition) is 4. The van der Waals surface area contributed by atoms with E-state index in [1.165, 1.54) is 6.33 Å². The number of imidazole rings is 1. The molecule has 1 aliphatic rings. The molecule has 0 N–H and O–H groups in total. The van der Waals surface area contributed by atoms with Crippen LogP contribution in [0.3, 0.4) is 0 Å². The zero-order chi connectivity index (χ0) is 16.9. The van der Waals surface area contributed by atoms with Gasteiger partial charge < -0.3 is 9.47 Å². The Bertz CT molecular complexity index is 648. The molecule has 7 nitrogen and oxygen atoms in total. The Morgan fingerprint density at radius 1 is 1.42 bits per heavy atom. The van der Waals surface area contributed by atoms with Crippen molar-refractivity contribution >= 4 is 5.91 Å². The summed E-state index contributed by atoms with van der Waals surface area (Å²) < 4.78 is 4.03. The zero-order valence-corrected chi connectivity index (χ0v) is 14.5. The van der Waals surface area contributed by atoms with Gasteiger partial charge in [0.25, 0.3) is 0 Å². The highest BCUT2D eigenvalue weighted by Crippen LogP contribution is 2.26. The van der Waals surface area contributed by atoms with Crippen LogP contribution in [0.15, 0.2) is 25.0 Å². The molecule has 7 heteroatoms. The summed E-state index contributed by atoms with van der Waals surface area (Å²) >= 11 is 0. The van der Waals surface area contributed by atoms with E-state index in [-0.39, 0.29) is 5.91 Å². The van der Waals surface area contributed by atoms with Crippen LogP contribution in [-0.4, -0.2) is 48.2 Å². The van der Waals surface area contributed by atoms with Gasteiger partial charge >= 0.3 is 0 Å². The predicted molar refractivity (Wildman–Crippen MR) is 90.4 cm³/mol. The number of nitrogens with zero attached hydrogens (tertiary/aromatic N) is 6. The Morgan fingerprint density at radius 3 is 3.04 bits per heavy atom. The molecule has 0 aromatic carbocycles. The van der Waals surface area contributed by atoms with E-state index in [1.54, 1.807) is 11.0 Å². The van der Waals surface area contributed by atoms with Gasteiger partial charge in [-0.05, 0) is 19.3 Å². The molecule has 0 saturated carbocycles. The van der Waals surface area contributed by atoms with Crippen LogP contribution in [0, 0.1) is 0 Å². The fraction of sp³-hybridized carbons (Fsp3) is 0.647.